The molecule has 0 radical (unpaired) electrons. The third-order valence-corrected chi connectivity index (χ3v) is 3.66. The van der Waals surface area contributed by atoms with Gasteiger partial charge in [0.15, 0.2) is 0 Å². The van der Waals surface area contributed by atoms with Gasteiger partial charge in [-0.1, -0.05) is 11.6 Å². The molecule has 1 heterocycles. The first-order valence-electron chi connectivity index (χ1n) is 6.35. The summed E-state index contributed by atoms with van der Waals surface area (Å²) in [6.07, 6.45) is 0.953. The number of nitrogens with one attached hydrogen (secondary N) is 1. The van der Waals surface area contributed by atoms with Crippen molar-refractivity contribution < 1.29 is 4.74 Å². The first-order valence-corrected chi connectivity index (χ1v) is 6.73. The summed E-state index contributed by atoms with van der Waals surface area (Å²) in [5.74, 6) is 0.967. The van der Waals surface area contributed by atoms with E-state index in [1.807, 2.05) is 19.1 Å². The fraction of sp³-hybridized carbons (Fsp3) is 0.571. The smallest absolute Gasteiger partial charge is 0.125 e. The standard InChI is InChI=1S/C14H21ClN2O/c1-10-6-12(15)7-11(14(10)18-3)8-13-9-17(2)5-4-16-13/h6-7,13,16H,4-5,8-9H2,1-3H3. The number of halogens is 1. The van der Waals surface area contributed by atoms with Crippen LogP contribution in [0.3, 0.4) is 0 Å². The van der Waals surface area contributed by atoms with E-state index in [1.165, 1.54) is 5.56 Å². The molecule has 1 unspecified atom stereocenters. The second kappa shape index (κ2) is 5.91. The third-order valence-electron chi connectivity index (χ3n) is 3.45. The highest BCUT2D eigenvalue weighted by molar-refractivity contribution is 6.30. The Morgan fingerprint density at radius 1 is 1.50 bits per heavy atom. The second-order valence-corrected chi connectivity index (χ2v) is 5.47. The Morgan fingerprint density at radius 2 is 2.28 bits per heavy atom. The van der Waals surface area contributed by atoms with Crippen LogP contribution in [0.5, 0.6) is 5.75 Å². The molecule has 1 aliphatic heterocycles. The van der Waals surface area contributed by atoms with E-state index in [1.54, 1.807) is 7.11 Å². The van der Waals surface area contributed by atoms with E-state index >= 15 is 0 Å². The molecule has 1 aromatic carbocycles. The Morgan fingerprint density at radius 3 is 2.94 bits per heavy atom. The summed E-state index contributed by atoms with van der Waals surface area (Å²) < 4.78 is 5.50. The van der Waals surface area contributed by atoms with Gasteiger partial charge in [0, 0.05) is 30.7 Å². The van der Waals surface area contributed by atoms with Crippen LogP contribution in [0, 0.1) is 6.92 Å². The molecule has 1 N–H and O–H groups in total. The first kappa shape index (κ1) is 13.7. The number of hydrogen-bond acceptors (Lipinski definition) is 3. The van der Waals surface area contributed by atoms with Crippen LogP contribution in [0.15, 0.2) is 12.1 Å². The van der Waals surface area contributed by atoms with Gasteiger partial charge < -0.3 is 15.0 Å². The van der Waals surface area contributed by atoms with Crippen molar-refractivity contribution in [3.63, 3.8) is 0 Å². The molecule has 1 atom stereocenters. The highest BCUT2D eigenvalue weighted by atomic mass is 35.5. The molecular formula is C14H21ClN2O. The number of rotatable bonds is 3. The molecule has 100 valence electrons. The zero-order valence-corrected chi connectivity index (χ0v) is 12.0. The molecular weight excluding hydrogens is 248 g/mol. The number of piperazine rings is 1. The van der Waals surface area contributed by atoms with Crippen LogP contribution in [0.2, 0.25) is 5.02 Å². The van der Waals surface area contributed by atoms with Crippen LogP contribution in [0.1, 0.15) is 11.1 Å². The third kappa shape index (κ3) is 3.16. The van der Waals surface area contributed by atoms with Crippen molar-refractivity contribution in [2.24, 2.45) is 0 Å². The largest absolute Gasteiger partial charge is 0.496 e. The number of benzene rings is 1. The van der Waals surface area contributed by atoms with E-state index < -0.39 is 0 Å². The first-order chi connectivity index (χ1) is 8.60. The topological polar surface area (TPSA) is 24.5 Å². The molecule has 1 aromatic rings. The number of likely N-dealkylation sites (N-methyl/N-ethyl adjacent to an activating group) is 1. The number of nitrogens with zero attached hydrogens (tertiary/aromatic N) is 1. The predicted octanol–water partition coefficient (Wildman–Crippen LogP) is 2.10. The molecule has 0 aromatic heterocycles. The van der Waals surface area contributed by atoms with Crippen LogP contribution in [-0.2, 0) is 6.42 Å². The summed E-state index contributed by atoms with van der Waals surface area (Å²) in [4.78, 5) is 2.35. The molecule has 1 saturated heterocycles. The maximum Gasteiger partial charge on any atom is 0.125 e. The lowest BCUT2D eigenvalue weighted by Crippen LogP contribution is -2.49. The summed E-state index contributed by atoms with van der Waals surface area (Å²) in [6, 6.07) is 4.43. The van der Waals surface area contributed by atoms with Crippen molar-refractivity contribution in [1.29, 1.82) is 0 Å². The SMILES string of the molecule is COc1c(C)cc(Cl)cc1CC1CN(C)CCN1. The van der Waals surface area contributed by atoms with E-state index in [0.29, 0.717) is 6.04 Å². The lowest BCUT2D eigenvalue weighted by molar-refractivity contribution is 0.237. The normalized spacial score (nSPS) is 21.0. The molecule has 0 aliphatic carbocycles. The van der Waals surface area contributed by atoms with E-state index in [4.69, 9.17) is 16.3 Å². The highest BCUT2D eigenvalue weighted by Gasteiger charge is 2.19. The number of methoxy groups -OCH3 is 1. The Balaban J connectivity index is 2.17. The number of aryl methyl sites for hydroxylation is 1. The number of ether oxygens (including phenoxy) is 1. The summed E-state index contributed by atoms with van der Waals surface area (Å²) in [5.41, 5.74) is 2.29. The quantitative estimate of drug-likeness (QED) is 0.909. The molecule has 0 spiro atoms. The Bertz CT molecular complexity index is 423. The zero-order valence-electron chi connectivity index (χ0n) is 11.3. The molecule has 4 heteroatoms. The van der Waals surface area contributed by atoms with E-state index in [2.05, 4.69) is 17.3 Å². The Labute approximate surface area is 114 Å². The second-order valence-electron chi connectivity index (χ2n) is 5.03. The molecule has 18 heavy (non-hydrogen) atoms. The van der Waals surface area contributed by atoms with Gasteiger partial charge in [-0.15, -0.1) is 0 Å². The van der Waals surface area contributed by atoms with E-state index in [9.17, 15) is 0 Å². The van der Waals surface area contributed by atoms with E-state index in [-0.39, 0.29) is 0 Å². The number of hydrogen-bond donors (Lipinski definition) is 1. The summed E-state index contributed by atoms with van der Waals surface area (Å²) in [5, 5.41) is 4.33. The monoisotopic (exact) mass is 268 g/mol. The minimum absolute atomic E-state index is 0.468. The van der Waals surface area contributed by atoms with E-state index in [0.717, 1.165) is 42.4 Å². The maximum atomic E-state index is 6.14. The van der Waals surface area contributed by atoms with Crippen molar-refractivity contribution in [2.75, 3.05) is 33.8 Å². The van der Waals surface area contributed by atoms with Gasteiger partial charge in [0.25, 0.3) is 0 Å². The fourth-order valence-corrected chi connectivity index (χ4v) is 2.93. The average Bonchev–Trinajstić information content (AvgIpc) is 2.28. The fourth-order valence-electron chi connectivity index (χ4n) is 2.64. The average molecular weight is 269 g/mol. The predicted molar refractivity (Wildman–Crippen MR) is 75.7 cm³/mol. The molecule has 0 bridgehead atoms. The molecule has 0 saturated carbocycles. The van der Waals surface area contributed by atoms with Gasteiger partial charge in [-0.05, 0) is 43.7 Å². The highest BCUT2D eigenvalue weighted by Crippen LogP contribution is 2.28. The lowest BCUT2D eigenvalue weighted by atomic mass is 10.0. The van der Waals surface area contributed by atoms with Crippen LogP contribution in [-0.4, -0.2) is 44.7 Å². The molecule has 0 amide bonds. The van der Waals surface area contributed by atoms with Gasteiger partial charge in [-0.3, -0.25) is 0 Å². The van der Waals surface area contributed by atoms with Crippen LogP contribution in [0.4, 0.5) is 0 Å². The molecule has 1 aliphatic rings. The molecule has 3 nitrogen and oxygen atoms in total. The lowest BCUT2D eigenvalue weighted by Gasteiger charge is -2.31. The zero-order chi connectivity index (χ0) is 13.1. The van der Waals surface area contributed by atoms with Crippen LogP contribution >= 0.6 is 11.6 Å². The summed E-state index contributed by atoms with van der Waals surface area (Å²) in [6.45, 7) is 5.26. The summed E-state index contributed by atoms with van der Waals surface area (Å²) in [7, 11) is 3.88. The van der Waals surface area contributed by atoms with Gasteiger partial charge in [-0.25, -0.2) is 0 Å². The Kier molecular flexibility index (Phi) is 4.49. The maximum absolute atomic E-state index is 6.14. The van der Waals surface area contributed by atoms with Gasteiger partial charge in [-0.2, -0.15) is 0 Å². The summed E-state index contributed by atoms with van der Waals surface area (Å²) >= 11 is 6.14. The van der Waals surface area contributed by atoms with Crippen LogP contribution in [0.25, 0.3) is 0 Å². The van der Waals surface area contributed by atoms with Gasteiger partial charge in [0.05, 0.1) is 7.11 Å². The van der Waals surface area contributed by atoms with Gasteiger partial charge >= 0.3 is 0 Å². The molecule has 2 rings (SSSR count). The Hall–Kier alpha value is -0.770. The van der Waals surface area contributed by atoms with Gasteiger partial charge in [0.2, 0.25) is 0 Å². The van der Waals surface area contributed by atoms with Crippen LogP contribution < -0.4 is 10.1 Å². The van der Waals surface area contributed by atoms with Crippen molar-refractivity contribution in [3.05, 3.63) is 28.3 Å². The van der Waals surface area contributed by atoms with Crippen molar-refractivity contribution in [2.45, 2.75) is 19.4 Å². The van der Waals surface area contributed by atoms with Gasteiger partial charge in [0.1, 0.15) is 5.75 Å². The molecule has 1 fully saturated rings. The van der Waals surface area contributed by atoms with Crippen molar-refractivity contribution in [1.82, 2.24) is 10.2 Å². The minimum Gasteiger partial charge on any atom is -0.496 e. The van der Waals surface area contributed by atoms with Crippen molar-refractivity contribution in [3.8, 4) is 5.75 Å². The van der Waals surface area contributed by atoms with Crippen molar-refractivity contribution >= 4 is 11.6 Å². The minimum atomic E-state index is 0.468.